The first-order chi connectivity index (χ1) is 15.2. The molecule has 1 atom stereocenters. The molecule has 0 bridgehead atoms. The number of nitrogens with one attached hydrogen (secondary N) is 1. The number of carbonyl (C=O) groups excluding carboxylic acids is 2. The Labute approximate surface area is 197 Å². The summed E-state index contributed by atoms with van der Waals surface area (Å²) < 4.78 is 26.5. The van der Waals surface area contributed by atoms with E-state index in [0.717, 1.165) is 27.3 Å². The minimum atomic E-state index is -3.75. The van der Waals surface area contributed by atoms with E-state index in [4.69, 9.17) is 0 Å². The number of nitrogens with zero attached hydrogens (tertiary/aromatic N) is 2. The monoisotopic (exact) mass is 473 g/mol. The van der Waals surface area contributed by atoms with Crippen LogP contribution >= 0.6 is 0 Å². The zero-order valence-electron chi connectivity index (χ0n) is 20.5. The Morgan fingerprint density at radius 3 is 2.15 bits per heavy atom. The molecule has 0 aliphatic rings. The Bertz CT molecular complexity index is 1090. The second kappa shape index (κ2) is 10.4. The lowest BCUT2D eigenvalue weighted by Crippen LogP contribution is -2.54. The van der Waals surface area contributed by atoms with Gasteiger partial charge >= 0.3 is 0 Å². The molecule has 0 saturated heterocycles. The van der Waals surface area contributed by atoms with Crippen LogP contribution in [0.4, 0.5) is 5.69 Å². The van der Waals surface area contributed by atoms with Crippen molar-refractivity contribution >= 4 is 27.5 Å². The van der Waals surface area contributed by atoms with Gasteiger partial charge in [-0.15, -0.1) is 0 Å². The normalized spacial score (nSPS) is 12.7. The summed E-state index contributed by atoms with van der Waals surface area (Å²) in [6, 6.07) is 13.9. The molecular formula is C25H35N3O4S. The quantitative estimate of drug-likeness (QED) is 0.637. The first-order valence-electron chi connectivity index (χ1n) is 10.9. The van der Waals surface area contributed by atoms with Crippen LogP contribution in [-0.4, -0.2) is 49.5 Å². The second-order valence-electron chi connectivity index (χ2n) is 9.41. The molecule has 0 radical (unpaired) electrons. The van der Waals surface area contributed by atoms with Gasteiger partial charge in [0.2, 0.25) is 21.8 Å². The predicted octanol–water partition coefficient (Wildman–Crippen LogP) is 3.40. The smallest absolute Gasteiger partial charge is 0.244 e. The van der Waals surface area contributed by atoms with Gasteiger partial charge in [0.25, 0.3) is 0 Å². The summed E-state index contributed by atoms with van der Waals surface area (Å²) in [6.45, 7) is 10.8. The Balaban J connectivity index is 2.42. The van der Waals surface area contributed by atoms with Gasteiger partial charge in [-0.3, -0.25) is 13.9 Å². The zero-order chi connectivity index (χ0) is 25.0. The van der Waals surface area contributed by atoms with E-state index in [0.29, 0.717) is 5.69 Å². The van der Waals surface area contributed by atoms with Crippen LogP contribution in [-0.2, 0) is 26.2 Å². The van der Waals surface area contributed by atoms with Crippen molar-refractivity contribution < 1.29 is 18.0 Å². The fourth-order valence-corrected chi connectivity index (χ4v) is 4.34. The average molecular weight is 474 g/mol. The van der Waals surface area contributed by atoms with Crippen LogP contribution in [0.3, 0.4) is 0 Å². The maximum atomic E-state index is 13.5. The number of hydrogen-bond acceptors (Lipinski definition) is 4. The topological polar surface area (TPSA) is 86.8 Å². The SMILES string of the molecule is Cc1cccc(N(CC(=O)N(Cc2ccccc2)[C@H](C)C(=O)NC(C)(C)C)S(C)(=O)=O)c1C. The third-order valence-electron chi connectivity index (χ3n) is 5.39. The van der Waals surface area contributed by atoms with E-state index in [1.54, 1.807) is 19.1 Å². The summed E-state index contributed by atoms with van der Waals surface area (Å²) in [7, 11) is -3.75. The van der Waals surface area contributed by atoms with Crippen molar-refractivity contribution in [2.24, 2.45) is 0 Å². The van der Waals surface area contributed by atoms with Gasteiger partial charge in [0.15, 0.2) is 0 Å². The van der Waals surface area contributed by atoms with Crippen molar-refractivity contribution in [3.8, 4) is 0 Å². The van der Waals surface area contributed by atoms with E-state index in [-0.39, 0.29) is 12.5 Å². The molecule has 180 valence electrons. The van der Waals surface area contributed by atoms with Crippen molar-refractivity contribution in [2.75, 3.05) is 17.1 Å². The van der Waals surface area contributed by atoms with Gasteiger partial charge in [-0.1, -0.05) is 42.5 Å². The minimum absolute atomic E-state index is 0.183. The van der Waals surface area contributed by atoms with Gasteiger partial charge < -0.3 is 10.2 Å². The molecule has 0 aliphatic carbocycles. The summed E-state index contributed by atoms with van der Waals surface area (Å²) in [5.41, 5.74) is 2.54. The Kier molecular flexibility index (Phi) is 8.30. The predicted molar refractivity (Wildman–Crippen MR) is 132 cm³/mol. The highest BCUT2D eigenvalue weighted by atomic mass is 32.2. The van der Waals surface area contributed by atoms with Crippen molar-refractivity contribution in [3.05, 3.63) is 65.2 Å². The van der Waals surface area contributed by atoms with E-state index >= 15 is 0 Å². The molecule has 33 heavy (non-hydrogen) atoms. The highest BCUT2D eigenvalue weighted by molar-refractivity contribution is 7.92. The maximum Gasteiger partial charge on any atom is 0.244 e. The Hall–Kier alpha value is -2.87. The molecule has 1 N–H and O–H groups in total. The molecule has 2 aromatic carbocycles. The first kappa shape index (κ1) is 26.4. The summed E-state index contributed by atoms with van der Waals surface area (Å²) >= 11 is 0. The van der Waals surface area contributed by atoms with Crippen molar-refractivity contribution in [3.63, 3.8) is 0 Å². The molecule has 2 amide bonds. The van der Waals surface area contributed by atoms with Gasteiger partial charge in [-0.2, -0.15) is 0 Å². The molecule has 0 heterocycles. The van der Waals surface area contributed by atoms with Crippen molar-refractivity contribution in [2.45, 2.75) is 59.7 Å². The number of hydrogen-bond donors (Lipinski definition) is 1. The van der Waals surface area contributed by atoms with Crippen LogP contribution in [0.1, 0.15) is 44.4 Å². The van der Waals surface area contributed by atoms with Gasteiger partial charge in [-0.25, -0.2) is 8.42 Å². The summed E-state index contributed by atoms with van der Waals surface area (Å²) in [5, 5.41) is 2.91. The van der Waals surface area contributed by atoms with E-state index in [1.807, 2.05) is 71.0 Å². The second-order valence-corrected chi connectivity index (χ2v) is 11.3. The van der Waals surface area contributed by atoms with Crippen molar-refractivity contribution in [1.29, 1.82) is 0 Å². The summed E-state index contributed by atoms with van der Waals surface area (Å²) in [5.74, 6) is -0.758. The van der Waals surface area contributed by atoms with Crippen LogP contribution in [0.15, 0.2) is 48.5 Å². The molecule has 0 aliphatic heterocycles. The number of carbonyl (C=O) groups is 2. The molecule has 0 aromatic heterocycles. The van der Waals surface area contributed by atoms with E-state index < -0.39 is 34.1 Å². The van der Waals surface area contributed by atoms with Crippen molar-refractivity contribution in [1.82, 2.24) is 10.2 Å². The van der Waals surface area contributed by atoms with E-state index in [1.165, 1.54) is 4.90 Å². The summed E-state index contributed by atoms with van der Waals surface area (Å²) in [6.07, 6.45) is 1.08. The molecule has 2 aromatic rings. The van der Waals surface area contributed by atoms with Gasteiger partial charge in [0, 0.05) is 12.1 Å². The number of rotatable bonds is 8. The van der Waals surface area contributed by atoms with Crippen LogP contribution in [0.25, 0.3) is 0 Å². The molecule has 0 fully saturated rings. The van der Waals surface area contributed by atoms with E-state index in [2.05, 4.69) is 5.32 Å². The largest absolute Gasteiger partial charge is 0.350 e. The number of anilines is 1. The lowest BCUT2D eigenvalue weighted by molar-refractivity contribution is -0.140. The van der Waals surface area contributed by atoms with Crippen LogP contribution in [0, 0.1) is 13.8 Å². The van der Waals surface area contributed by atoms with Crippen LogP contribution < -0.4 is 9.62 Å². The van der Waals surface area contributed by atoms with E-state index in [9.17, 15) is 18.0 Å². The van der Waals surface area contributed by atoms with Crippen LogP contribution in [0.2, 0.25) is 0 Å². The molecule has 8 heteroatoms. The first-order valence-corrected chi connectivity index (χ1v) is 12.7. The third-order valence-corrected chi connectivity index (χ3v) is 6.51. The third kappa shape index (κ3) is 7.32. The highest BCUT2D eigenvalue weighted by Crippen LogP contribution is 2.25. The lowest BCUT2D eigenvalue weighted by atomic mass is 10.1. The molecule has 0 unspecified atom stereocenters. The fourth-order valence-electron chi connectivity index (χ4n) is 3.44. The van der Waals surface area contributed by atoms with Crippen LogP contribution in [0.5, 0.6) is 0 Å². The van der Waals surface area contributed by atoms with Gasteiger partial charge in [-0.05, 0) is 64.3 Å². The van der Waals surface area contributed by atoms with Gasteiger partial charge in [0.1, 0.15) is 12.6 Å². The molecule has 7 nitrogen and oxygen atoms in total. The fraction of sp³-hybridized carbons (Fsp3) is 0.440. The molecule has 2 rings (SSSR count). The number of amides is 2. The minimum Gasteiger partial charge on any atom is -0.350 e. The Morgan fingerprint density at radius 2 is 1.61 bits per heavy atom. The molecular weight excluding hydrogens is 438 g/mol. The standard InChI is InChI=1S/C25H35N3O4S/c1-18-12-11-15-22(19(18)2)28(33(7,31)32)17-23(29)27(16-21-13-9-8-10-14-21)20(3)24(30)26-25(4,5)6/h8-15,20H,16-17H2,1-7H3,(H,26,30)/t20-/m1/s1. The summed E-state index contributed by atoms with van der Waals surface area (Å²) in [4.78, 5) is 27.9. The number of benzene rings is 2. The maximum absolute atomic E-state index is 13.5. The number of sulfonamides is 1. The Morgan fingerprint density at radius 1 is 1.00 bits per heavy atom. The lowest BCUT2D eigenvalue weighted by Gasteiger charge is -2.33. The molecule has 0 spiro atoms. The zero-order valence-corrected chi connectivity index (χ0v) is 21.4. The number of aryl methyl sites for hydroxylation is 1. The highest BCUT2D eigenvalue weighted by Gasteiger charge is 2.31. The molecule has 0 saturated carbocycles. The van der Waals surface area contributed by atoms with Gasteiger partial charge in [0.05, 0.1) is 11.9 Å². The average Bonchev–Trinajstić information content (AvgIpc) is 2.70.